The van der Waals surface area contributed by atoms with Gasteiger partial charge in [-0.1, -0.05) is 54.8 Å². The first-order valence-corrected chi connectivity index (χ1v) is 11.2. The molecule has 0 aromatic heterocycles. The lowest BCUT2D eigenvalue weighted by Crippen LogP contribution is -2.22. The number of nitrogens with zero attached hydrogens (tertiary/aromatic N) is 1. The number of hydrogen-bond acceptors (Lipinski definition) is 5. The molecule has 0 radical (unpaired) electrons. The van der Waals surface area contributed by atoms with Crippen molar-refractivity contribution in [1.29, 1.82) is 0 Å². The number of carboxylic acid groups (broad SMARTS) is 1. The Labute approximate surface area is 180 Å². The Hall–Kier alpha value is -1.92. The maximum Gasteiger partial charge on any atom is 0.303 e. The van der Waals surface area contributed by atoms with Crippen molar-refractivity contribution in [3.05, 3.63) is 35.9 Å². The van der Waals surface area contributed by atoms with Gasteiger partial charge in [0, 0.05) is 18.8 Å². The van der Waals surface area contributed by atoms with Crippen molar-refractivity contribution >= 4 is 11.7 Å². The van der Waals surface area contributed by atoms with Crippen LogP contribution in [0.15, 0.2) is 35.5 Å². The molecule has 0 heterocycles. The van der Waals surface area contributed by atoms with Crippen LogP contribution < -0.4 is 0 Å². The van der Waals surface area contributed by atoms with E-state index in [9.17, 15) is 15.0 Å². The van der Waals surface area contributed by atoms with E-state index < -0.39 is 12.1 Å². The fraction of sp³-hybridized carbons (Fsp3) is 0.667. The lowest BCUT2D eigenvalue weighted by molar-refractivity contribution is -0.137. The second-order valence-corrected chi connectivity index (χ2v) is 8.41. The van der Waals surface area contributed by atoms with Gasteiger partial charge >= 0.3 is 5.97 Å². The van der Waals surface area contributed by atoms with Crippen molar-refractivity contribution in [3.63, 3.8) is 0 Å². The third-order valence-corrected chi connectivity index (χ3v) is 6.16. The molecule has 1 aliphatic rings. The van der Waals surface area contributed by atoms with E-state index in [0.29, 0.717) is 19.3 Å². The first kappa shape index (κ1) is 24.4. The number of rotatable bonds is 14. The summed E-state index contributed by atoms with van der Waals surface area (Å²) in [4.78, 5) is 15.6. The third kappa shape index (κ3) is 8.44. The molecular formula is C24H37NO5. The molecule has 168 valence electrons. The summed E-state index contributed by atoms with van der Waals surface area (Å²) in [6.07, 6.45) is 7.44. The summed E-state index contributed by atoms with van der Waals surface area (Å²) in [6, 6.07) is 10.2. The van der Waals surface area contributed by atoms with Gasteiger partial charge in [-0.25, -0.2) is 0 Å². The molecule has 1 saturated carbocycles. The van der Waals surface area contributed by atoms with Crippen LogP contribution in [-0.2, 0) is 16.1 Å². The Morgan fingerprint density at radius 1 is 1.13 bits per heavy atom. The monoisotopic (exact) mass is 419 g/mol. The van der Waals surface area contributed by atoms with Gasteiger partial charge in [0.05, 0.1) is 17.9 Å². The van der Waals surface area contributed by atoms with Crippen LogP contribution in [0.5, 0.6) is 0 Å². The normalized spacial score (nSPS) is 23.6. The number of aliphatic hydroxyl groups excluding tert-OH is 2. The highest BCUT2D eigenvalue weighted by Gasteiger charge is 2.39. The van der Waals surface area contributed by atoms with E-state index in [0.717, 1.165) is 50.7 Å². The Balaban J connectivity index is 1.80. The van der Waals surface area contributed by atoms with E-state index in [2.05, 4.69) is 17.3 Å². The Morgan fingerprint density at radius 2 is 1.87 bits per heavy atom. The molecule has 0 amide bonds. The topological polar surface area (TPSA) is 99.4 Å². The molecule has 0 bridgehead atoms. The molecule has 1 aromatic carbocycles. The van der Waals surface area contributed by atoms with Gasteiger partial charge in [0.25, 0.3) is 0 Å². The van der Waals surface area contributed by atoms with Crippen LogP contribution in [0.4, 0.5) is 0 Å². The van der Waals surface area contributed by atoms with Crippen LogP contribution in [0.25, 0.3) is 0 Å². The van der Waals surface area contributed by atoms with E-state index >= 15 is 0 Å². The van der Waals surface area contributed by atoms with Crippen molar-refractivity contribution in [3.8, 4) is 0 Å². The van der Waals surface area contributed by atoms with Crippen molar-refractivity contribution in [2.75, 3.05) is 7.11 Å². The van der Waals surface area contributed by atoms with Crippen LogP contribution in [0.1, 0.15) is 69.8 Å². The van der Waals surface area contributed by atoms with Gasteiger partial charge in [0.15, 0.2) is 0 Å². The first-order chi connectivity index (χ1) is 14.5. The van der Waals surface area contributed by atoms with Crippen LogP contribution in [0, 0.1) is 11.8 Å². The maximum atomic E-state index is 10.6. The van der Waals surface area contributed by atoms with Gasteiger partial charge in [-0.05, 0) is 50.0 Å². The average Bonchev–Trinajstić information content (AvgIpc) is 3.02. The Bertz CT molecular complexity index is 648. The van der Waals surface area contributed by atoms with Gasteiger partial charge in [-0.3, -0.25) is 4.79 Å². The lowest BCUT2D eigenvalue weighted by atomic mass is 9.84. The zero-order chi connectivity index (χ0) is 21.8. The smallest absolute Gasteiger partial charge is 0.303 e. The van der Waals surface area contributed by atoms with Crippen LogP contribution >= 0.6 is 0 Å². The minimum Gasteiger partial charge on any atom is -0.481 e. The summed E-state index contributed by atoms with van der Waals surface area (Å²) in [7, 11) is 1.53. The molecule has 1 aliphatic carbocycles. The number of aliphatic carboxylic acids is 1. The number of hydrogen-bond donors (Lipinski definition) is 3. The lowest BCUT2D eigenvalue weighted by Gasteiger charge is -2.23. The maximum absolute atomic E-state index is 10.6. The highest BCUT2D eigenvalue weighted by molar-refractivity contribution is 5.89. The SMILES string of the molecule is CO/N=C1/C[C@H](O)[C@H](CCCCCCC(=O)O)[C@H]1CC[C@@H](O)CCc1ccccc1. The fourth-order valence-electron chi connectivity index (χ4n) is 4.53. The summed E-state index contributed by atoms with van der Waals surface area (Å²) >= 11 is 0. The number of carbonyl (C=O) groups is 1. The number of carboxylic acids is 1. The molecule has 30 heavy (non-hydrogen) atoms. The predicted octanol–water partition coefficient (Wildman–Crippen LogP) is 4.18. The van der Waals surface area contributed by atoms with Gasteiger partial charge in [0.2, 0.25) is 0 Å². The van der Waals surface area contributed by atoms with E-state index in [4.69, 9.17) is 9.94 Å². The second-order valence-electron chi connectivity index (χ2n) is 8.41. The Morgan fingerprint density at radius 3 is 2.57 bits per heavy atom. The average molecular weight is 420 g/mol. The van der Waals surface area contributed by atoms with Gasteiger partial charge in [0.1, 0.15) is 7.11 Å². The Kier molecular flexibility index (Phi) is 10.9. The summed E-state index contributed by atoms with van der Waals surface area (Å²) in [6.45, 7) is 0. The van der Waals surface area contributed by atoms with Gasteiger partial charge in [-0.15, -0.1) is 0 Å². The second kappa shape index (κ2) is 13.4. The number of aryl methyl sites for hydroxylation is 1. The summed E-state index contributed by atoms with van der Waals surface area (Å²) < 4.78 is 0. The van der Waals surface area contributed by atoms with Gasteiger partial charge in [-0.2, -0.15) is 0 Å². The fourth-order valence-corrected chi connectivity index (χ4v) is 4.53. The van der Waals surface area contributed by atoms with Crippen LogP contribution in [-0.4, -0.2) is 46.3 Å². The molecule has 0 unspecified atom stereocenters. The van der Waals surface area contributed by atoms with Crippen LogP contribution in [0.2, 0.25) is 0 Å². The number of oxime groups is 1. The molecule has 0 aliphatic heterocycles. The number of benzene rings is 1. The molecule has 0 spiro atoms. The summed E-state index contributed by atoms with van der Waals surface area (Å²) in [5.74, 6) is -0.488. The van der Waals surface area contributed by atoms with E-state index in [1.807, 2.05) is 18.2 Å². The highest BCUT2D eigenvalue weighted by atomic mass is 16.6. The molecule has 3 N–H and O–H groups in total. The van der Waals surface area contributed by atoms with E-state index in [1.54, 1.807) is 0 Å². The van der Waals surface area contributed by atoms with Crippen molar-refractivity contribution in [2.24, 2.45) is 17.0 Å². The molecular weight excluding hydrogens is 382 g/mol. The highest BCUT2D eigenvalue weighted by Crippen LogP contribution is 2.37. The van der Waals surface area contributed by atoms with Crippen molar-refractivity contribution in [2.45, 2.75) is 82.8 Å². The molecule has 6 heteroatoms. The number of unbranched alkanes of at least 4 members (excludes halogenated alkanes) is 3. The quantitative estimate of drug-likeness (QED) is 0.310. The zero-order valence-electron chi connectivity index (χ0n) is 18.1. The molecule has 4 atom stereocenters. The largest absolute Gasteiger partial charge is 0.481 e. The third-order valence-electron chi connectivity index (χ3n) is 6.16. The van der Waals surface area contributed by atoms with Crippen LogP contribution in [0.3, 0.4) is 0 Å². The van der Waals surface area contributed by atoms with Crippen molar-refractivity contribution < 1.29 is 25.0 Å². The summed E-state index contributed by atoms with van der Waals surface area (Å²) in [5, 5.41) is 33.9. The van der Waals surface area contributed by atoms with Crippen molar-refractivity contribution in [1.82, 2.24) is 0 Å². The molecule has 1 fully saturated rings. The predicted molar refractivity (Wildman–Crippen MR) is 117 cm³/mol. The van der Waals surface area contributed by atoms with E-state index in [-0.39, 0.29) is 24.4 Å². The van der Waals surface area contributed by atoms with Gasteiger partial charge < -0.3 is 20.2 Å². The standard InChI is InChI=1S/C24H37NO5/c1-30-25-22-17-23(27)21(11-7-2-3-8-12-24(28)29)20(22)16-15-19(26)14-13-18-9-5-4-6-10-18/h4-6,9-10,19-21,23,26-27H,2-3,7-8,11-17H2,1H3,(H,28,29)/b25-22-/t19-,20+,21+,23-/m0/s1. The van der Waals surface area contributed by atoms with E-state index in [1.165, 1.54) is 12.7 Å². The summed E-state index contributed by atoms with van der Waals surface area (Å²) in [5.41, 5.74) is 2.13. The molecule has 1 aromatic rings. The minimum atomic E-state index is -0.743. The molecule has 0 saturated heterocycles. The molecule has 2 rings (SSSR count). The molecule has 6 nitrogen and oxygen atoms in total. The zero-order valence-corrected chi connectivity index (χ0v) is 18.1. The first-order valence-electron chi connectivity index (χ1n) is 11.2. The number of aliphatic hydroxyl groups is 2. The minimum absolute atomic E-state index is 0.125.